The highest BCUT2D eigenvalue weighted by Crippen LogP contribution is 2.50. The number of thiocarbonyl (C=S) groups is 1. The lowest BCUT2D eigenvalue weighted by Crippen LogP contribution is -2.72. The smallest absolute Gasteiger partial charge is 0.363 e. The summed E-state index contributed by atoms with van der Waals surface area (Å²) >= 11 is 6.21. The van der Waals surface area contributed by atoms with Crippen molar-refractivity contribution in [1.29, 1.82) is 0 Å². The van der Waals surface area contributed by atoms with Crippen molar-refractivity contribution in [3.63, 3.8) is 0 Å². The van der Waals surface area contributed by atoms with Gasteiger partial charge in [0, 0.05) is 14.1 Å². The van der Waals surface area contributed by atoms with Crippen LogP contribution in [0.15, 0.2) is 47.8 Å². The summed E-state index contributed by atoms with van der Waals surface area (Å²) in [6.45, 7) is 0. The summed E-state index contributed by atoms with van der Waals surface area (Å²) in [5.74, 6) is -2.60. The van der Waals surface area contributed by atoms with Gasteiger partial charge >= 0.3 is 6.18 Å². The molecule has 3 rings (SSSR count). The number of hydrogen-bond donors (Lipinski definition) is 1. The van der Waals surface area contributed by atoms with Crippen molar-refractivity contribution >= 4 is 34.5 Å². The third kappa shape index (κ3) is 3.03. The molecular formula is C18H17F3N2O2S2. The Hall–Kier alpha value is -1.97. The Morgan fingerprint density at radius 2 is 1.81 bits per heavy atom. The van der Waals surface area contributed by atoms with Gasteiger partial charge in [0.25, 0.3) is 5.72 Å². The standard InChI is InChI=1S/C18H17F3N2O2S2/c1-22-14(11-7-4-3-5-8-11)13(15(24)12-9-6-10-27-12)17(25,18(19,20)21)23(2)16(22)26/h3-10,13-14,25H,1-2H3/t13-,14+,17-/m1/s1. The number of carbonyl (C=O) groups excluding carboxylic acids is 1. The Balaban J connectivity index is 2.25. The molecule has 27 heavy (non-hydrogen) atoms. The molecule has 1 aromatic heterocycles. The lowest BCUT2D eigenvalue weighted by atomic mass is 9.77. The molecule has 1 aromatic carbocycles. The molecule has 0 aliphatic carbocycles. The van der Waals surface area contributed by atoms with E-state index in [9.17, 15) is 23.1 Å². The molecule has 0 spiro atoms. The number of rotatable bonds is 3. The third-order valence-corrected chi connectivity index (χ3v) is 6.32. The van der Waals surface area contributed by atoms with E-state index >= 15 is 0 Å². The fourth-order valence-electron chi connectivity index (χ4n) is 3.48. The van der Waals surface area contributed by atoms with Crippen LogP contribution in [0, 0.1) is 5.92 Å². The zero-order valence-corrected chi connectivity index (χ0v) is 16.1. The summed E-state index contributed by atoms with van der Waals surface area (Å²) in [7, 11) is 2.59. The lowest BCUT2D eigenvalue weighted by molar-refractivity contribution is -0.324. The lowest BCUT2D eigenvalue weighted by Gasteiger charge is -2.54. The molecule has 144 valence electrons. The molecule has 1 fully saturated rings. The minimum Gasteiger partial charge on any atom is -0.363 e. The summed E-state index contributed by atoms with van der Waals surface area (Å²) in [5, 5.41) is 12.3. The van der Waals surface area contributed by atoms with E-state index in [1.807, 2.05) is 0 Å². The molecule has 0 bridgehead atoms. The van der Waals surface area contributed by atoms with Crippen LogP contribution in [-0.4, -0.2) is 51.8 Å². The van der Waals surface area contributed by atoms with E-state index in [1.54, 1.807) is 41.8 Å². The average molecular weight is 414 g/mol. The molecule has 2 aromatic rings. The minimum atomic E-state index is -5.10. The van der Waals surface area contributed by atoms with Gasteiger partial charge in [-0.25, -0.2) is 0 Å². The van der Waals surface area contributed by atoms with Crippen LogP contribution in [0.5, 0.6) is 0 Å². The first-order valence-electron chi connectivity index (χ1n) is 8.03. The fraction of sp³-hybridized carbons (Fsp3) is 0.333. The van der Waals surface area contributed by atoms with Crippen LogP contribution in [0.4, 0.5) is 13.2 Å². The summed E-state index contributed by atoms with van der Waals surface area (Å²) in [5.41, 5.74) is -2.97. The first-order chi connectivity index (χ1) is 12.6. The van der Waals surface area contributed by atoms with Crippen LogP contribution in [0.3, 0.4) is 0 Å². The molecule has 0 saturated carbocycles. The number of halogens is 3. The predicted molar refractivity (Wildman–Crippen MR) is 100 cm³/mol. The van der Waals surface area contributed by atoms with E-state index in [1.165, 1.54) is 18.0 Å². The van der Waals surface area contributed by atoms with Gasteiger partial charge in [-0.05, 0) is 29.2 Å². The highest BCUT2D eigenvalue weighted by Gasteiger charge is 2.69. The number of thiophene rings is 1. The number of carbonyl (C=O) groups is 1. The van der Waals surface area contributed by atoms with Gasteiger partial charge in [-0.15, -0.1) is 11.3 Å². The van der Waals surface area contributed by atoms with Crippen LogP contribution >= 0.6 is 23.6 Å². The zero-order chi connectivity index (χ0) is 20.0. The SMILES string of the molecule is CN1C(=S)N(C)[C@](O)(C(F)(F)F)[C@@H](C(=O)c2cccs2)[C@@H]1c1ccccc1. The summed E-state index contributed by atoms with van der Waals surface area (Å²) in [6.07, 6.45) is -5.10. The second kappa shape index (κ2) is 6.88. The van der Waals surface area contributed by atoms with Crippen molar-refractivity contribution in [2.75, 3.05) is 14.1 Å². The fourth-order valence-corrected chi connectivity index (χ4v) is 4.44. The summed E-state index contributed by atoms with van der Waals surface area (Å²) < 4.78 is 42.3. The van der Waals surface area contributed by atoms with Crippen molar-refractivity contribution in [2.45, 2.75) is 17.9 Å². The number of benzene rings is 1. The minimum absolute atomic E-state index is 0.151. The molecule has 0 radical (unpaired) electrons. The van der Waals surface area contributed by atoms with Gasteiger partial charge in [-0.3, -0.25) is 4.79 Å². The second-order valence-electron chi connectivity index (χ2n) is 6.35. The van der Waals surface area contributed by atoms with Gasteiger partial charge in [0.05, 0.1) is 10.9 Å². The average Bonchev–Trinajstić information content (AvgIpc) is 3.16. The molecule has 1 N–H and O–H groups in total. The first kappa shape index (κ1) is 19.8. The molecule has 0 amide bonds. The molecule has 9 heteroatoms. The van der Waals surface area contributed by atoms with Crippen molar-refractivity contribution < 1.29 is 23.1 Å². The molecule has 2 heterocycles. The highest BCUT2D eigenvalue weighted by atomic mass is 32.1. The zero-order valence-electron chi connectivity index (χ0n) is 14.5. The molecule has 0 unspecified atom stereocenters. The Morgan fingerprint density at radius 3 is 2.33 bits per heavy atom. The number of nitrogens with zero attached hydrogens (tertiary/aromatic N) is 2. The van der Waals surface area contributed by atoms with Crippen molar-refractivity contribution in [1.82, 2.24) is 9.80 Å². The summed E-state index contributed by atoms with van der Waals surface area (Å²) in [4.78, 5) is 15.3. The largest absolute Gasteiger partial charge is 0.437 e. The Morgan fingerprint density at radius 1 is 1.19 bits per heavy atom. The predicted octanol–water partition coefficient (Wildman–Crippen LogP) is 3.70. The van der Waals surface area contributed by atoms with E-state index in [-0.39, 0.29) is 9.99 Å². The molecule has 4 nitrogen and oxygen atoms in total. The van der Waals surface area contributed by atoms with Crippen molar-refractivity contribution in [3.8, 4) is 0 Å². The van der Waals surface area contributed by atoms with Crippen LogP contribution in [0.2, 0.25) is 0 Å². The van der Waals surface area contributed by atoms with E-state index in [2.05, 4.69) is 0 Å². The topological polar surface area (TPSA) is 43.8 Å². The van der Waals surface area contributed by atoms with Crippen LogP contribution < -0.4 is 0 Å². The van der Waals surface area contributed by atoms with Gasteiger partial charge < -0.3 is 14.9 Å². The monoisotopic (exact) mass is 414 g/mol. The van der Waals surface area contributed by atoms with Crippen molar-refractivity contribution in [3.05, 3.63) is 58.3 Å². The molecule has 3 atom stereocenters. The maximum absolute atomic E-state index is 14.1. The van der Waals surface area contributed by atoms with Gasteiger partial charge in [0.1, 0.15) is 5.92 Å². The summed E-state index contributed by atoms with van der Waals surface area (Å²) in [6, 6.07) is 10.3. The number of Topliss-reactive ketones (excluding diaryl/α,β-unsaturated/α-hetero) is 1. The maximum Gasteiger partial charge on any atom is 0.437 e. The maximum atomic E-state index is 14.1. The van der Waals surface area contributed by atoms with Gasteiger partial charge in [-0.2, -0.15) is 13.2 Å². The molecule has 1 aliphatic rings. The van der Waals surface area contributed by atoms with E-state index in [0.717, 1.165) is 18.4 Å². The van der Waals surface area contributed by atoms with E-state index in [4.69, 9.17) is 12.2 Å². The molecule has 1 saturated heterocycles. The second-order valence-corrected chi connectivity index (χ2v) is 7.66. The molecular weight excluding hydrogens is 397 g/mol. The number of alkyl halides is 3. The quantitative estimate of drug-likeness (QED) is 0.613. The van der Waals surface area contributed by atoms with Gasteiger partial charge in [-0.1, -0.05) is 36.4 Å². The Bertz CT molecular complexity index is 842. The Kier molecular flexibility index (Phi) is 5.04. The Labute approximate surface area is 163 Å². The normalized spacial score (nSPS) is 26.4. The van der Waals surface area contributed by atoms with Gasteiger partial charge in [0.2, 0.25) is 0 Å². The highest BCUT2D eigenvalue weighted by molar-refractivity contribution is 7.80. The van der Waals surface area contributed by atoms with E-state index < -0.39 is 29.6 Å². The number of aliphatic hydroxyl groups is 1. The van der Waals surface area contributed by atoms with Gasteiger partial charge in [0.15, 0.2) is 10.9 Å². The van der Waals surface area contributed by atoms with Crippen LogP contribution in [-0.2, 0) is 0 Å². The van der Waals surface area contributed by atoms with E-state index in [0.29, 0.717) is 10.5 Å². The van der Waals surface area contributed by atoms with Crippen molar-refractivity contribution in [2.24, 2.45) is 5.92 Å². The number of ketones is 1. The number of hydrogen-bond acceptors (Lipinski definition) is 4. The van der Waals surface area contributed by atoms with Crippen LogP contribution in [0.1, 0.15) is 21.3 Å². The third-order valence-electron chi connectivity index (χ3n) is 4.87. The van der Waals surface area contributed by atoms with Crippen LogP contribution in [0.25, 0.3) is 0 Å². The molecule has 1 aliphatic heterocycles. The first-order valence-corrected chi connectivity index (χ1v) is 9.32.